The lowest BCUT2D eigenvalue weighted by molar-refractivity contribution is -0.122. The van der Waals surface area contributed by atoms with Gasteiger partial charge in [0.05, 0.1) is 0 Å². The van der Waals surface area contributed by atoms with Crippen molar-refractivity contribution >= 4 is 5.91 Å². The lowest BCUT2D eigenvalue weighted by Crippen LogP contribution is -2.36. The first-order chi connectivity index (χ1) is 7.34. The van der Waals surface area contributed by atoms with E-state index in [1.165, 1.54) is 32.1 Å². The highest BCUT2D eigenvalue weighted by Crippen LogP contribution is 2.21. The average molecular weight is 207 g/mol. The molecule has 2 nitrogen and oxygen atoms in total. The van der Waals surface area contributed by atoms with Gasteiger partial charge in [-0.15, -0.1) is 0 Å². The molecule has 0 unspecified atom stereocenters. The minimum atomic E-state index is 0.262. The van der Waals surface area contributed by atoms with Crippen LogP contribution in [0.2, 0.25) is 0 Å². The molecule has 0 spiro atoms. The first kappa shape index (κ1) is 10.7. The zero-order valence-corrected chi connectivity index (χ0v) is 9.37. The van der Waals surface area contributed by atoms with Crippen LogP contribution in [0.4, 0.5) is 0 Å². The third-order valence-corrected chi connectivity index (χ3v) is 3.53. The van der Waals surface area contributed by atoms with E-state index in [-0.39, 0.29) is 5.91 Å². The van der Waals surface area contributed by atoms with Crippen molar-refractivity contribution < 1.29 is 4.79 Å². The number of allylic oxidation sites excluding steroid dienone is 2. The maximum Gasteiger partial charge on any atom is 0.220 e. The first-order valence-corrected chi connectivity index (χ1v) is 6.30. The molecule has 0 radical (unpaired) electrons. The van der Waals surface area contributed by atoms with Crippen LogP contribution in [-0.4, -0.2) is 11.9 Å². The van der Waals surface area contributed by atoms with Gasteiger partial charge >= 0.3 is 0 Å². The van der Waals surface area contributed by atoms with Crippen LogP contribution in [0.1, 0.15) is 51.4 Å². The molecule has 1 amide bonds. The zero-order chi connectivity index (χ0) is 10.5. The molecule has 2 rings (SSSR count). The van der Waals surface area contributed by atoms with Gasteiger partial charge in [-0.05, 0) is 31.6 Å². The molecular weight excluding hydrogens is 186 g/mol. The number of amides is 1. The molecule has 0 aromatic rings. The fraction of sp³-hybridized carbons (Fsp3) is 0.769. The van der Waals surface area contributed by atoms with Crippen LogP contribution >= 0.6 is 0 Å². The summed E-state index contributed by atoms with van der Waals surface area (Å²) in [7, 11) is 0. The van der Waals surface area contributed by atoms with Crippen LogP contribution in [0, 0.1) is 5.92 Å². The summed E-state index contributed by atoms with van der Waals surface area (Å²) in [6.07, 6.45) is 13.7. The van der Waals surface area contributed by atoms with Crippen LogP contribution in [0.5, 0.6) is 0 Å². The summed E-state index contributed by atoms with van der Waals surface area (Å²) in [6, 6.07) is 0.469. The normalized spacial score (nSPS) is 26.8. The van der Waals surface area contributed by atoms with Crippen molar-refractivity contribution in [2.24, 2.45) is 5.92 Å². The predicted octanol–water partition coefficient (Wildman–Crippen LogP) is 2.79. The summed E-state index contributed by atoms with van der Waals surface area (Å²) in [5, 5.41) is 3.17. The highest BCUT2D eigenvalue weighted by molar-refractivity contribution is 5.76. The van der Waals surface area contributed by atoms with Gasteiger partial charge in [0, 0.05) is 12.5 Å². The van der Waals surface area contributed by atoms with Crippen LogP contribution < -0.4 is 5.32 Å². The summed E-state index contributed by atoms with van der Waals surface area (Å²) in [5.41, 5.74) is 0. The van der Waals surface area contributed by atoms with Crippen molar-refractivity contribution in [1.82, 2.24) is 5.32 Å². The Balaban J connectivity index is 1.69. The van der Waals surface area contributed by atoms with Crippen LogP contribution in [0.25, 0.3) is 0 Å². The number of hydrogen-bond donors (Lipinski definition) is 1. The molecule has 2 aliphatic carbocycles. The molecule has 0 heterocycles. The third-order valence-electron chi connectivity index (χ3n) is 3.53. The van der Waals surface area contributed by atoms with E-state index in [4.69, 9.17) is 0 Å². The summed E-state index contributed by atoms with van der Waals surface area (Å²) in [4.78, 5) is 11.7. The second-order valence-corrected chi connectivity index (χ2v) is 4.87. The molecule has 1 atom stereocenters. The minimum Gasteiger partial charge on any atom is -0.353 e. The lowest BCUT2D eigenvalue weighted by atomic mass is 9.95. The predicted molar refractivity (Wildman–Crippen MR) is 61.5 cm³/mol. The maximum absolute atomic E-state index is 11.7. The smallest absolute Gasteiger partial charge is 0.220 e. The largest absolute Gasteiger partial charge is 0.353 e. The standard InChI is InChI=1S/C13H21NO/c15-13(10-11-6-4-5-7-11)14-12-8-2-1-3-9-12/h4,6,11-12H,1-3,5,7-10H2,(H,14,15)/t11-/m1/s1. The van der Waals surface area contributed by atoms with Gasteiger partial charge in [-0.3, -0.25) is 4.79 Å². The van der Waals surface area contributed by atoms with E-state index in [1.54, 1.807) is 0 Å². The van der Waals surface area contributed by atoms with E-state index >= 15 is 0 Å². The molecular formula is C13H21NO. The zero-order valence-electron chi connectivity index (χ0n) is 9.37. The number of hydrogen-bond acceptors (Lipinski definition) is 1. The number of rotatable bonds is 3. The monoisotopic (exact) mass is 207 g/mol. The van der Waals surface area contributed by atoms with E-state index in [0.29, 0.717) is 18.4 Å². The van der Waals surface area contributed by atoms with Gasteiger partial charge in [-0.2, -0.15) is 0 Å². The average Bonchev–Trinajstić information content (AvgIpc) is 2.71. The molecule has 0 aliphatic heterocycles. The molecule has 1 N–H and O–H groups in total. The van der Waals surface area contributed by atoms with Crippen LogP contribution in [0.3, 0.4) is 0 Å². The lowest BCUT2D eigenvalue weighted by Gasteiger charge is -2.23. The van der Waals surface area contributed by atoms with Crippen molar-refractivity contribution in [2.45, 2.75) is 57.4 Å². The summed E-state index contributed by atoms with van der Waals surface area (Å²) in [6.45, 7) is 0. The quantitative estimate of drug-likeness (QED) is 0.708. The maximum atomic E-state index is 11.7. The number of nitrogens with one attached hydrogen (secondary N) is 1. The van der Waals surface area contributed by atoms with E-state index in [0.717, 1.165) is 12.8 Å². The van der Waals surface area contributed by atoms with E-state index in [1.807, 2.05) is 0 Å². The van der Waals surface area contributed by atoms with Gasteiger partial charge in [0.1, 0.15) is 0 Å². The molecule has 0 saturated heterocycles. The van der Waals surface area contributed by atoms with Gasteiger partial charge in [0.15, 0.2) is 0 Å². The fourth-order valence-electron chi connectivity index (χ4n) is 2.64. The second-order valence-electron chi connectivity index (χ2n) is 4.87. The van der Waals surface area contributed by atoms with E-state index in [9.17, 15) is 4.79 Å². The molecule has 84 valence electrons. The van der Waals surface area contributed by atoms with Crippen molar-refractivity contribution in [3.63, 3.8) is 0 Å². The van der Waals surface area contributed by atoms with Gasteiger partial charge in [-0.25, -0.2) is 0 Å². The van der Waals surface area contributed by atoms with Gasteiger partial charge in [-0.1, -0.05) is 31.4 Å². The van der Waals surface area contributed by atoms with Crippen LogP contribution in [-0.2, 0) is 4.79 Å². The van der Waals surface area contributed by atoms with Crippen molar-refractivity contribution in [3.8, 4) is 0 Å². The Morgan fingerprint density at radius 3 is 2.67 bits per heavy atom. The van der Waals surface area contributed by atoms with Crippen molar-refractivity contribution in [1.29, 1.82) is 0 Å². The van der Waals surface area contributed by atoms with Crippen LogP contribution in [0.15, 0.2) is 12.2 Å². The summed E-state index contributed by atoms with van der Waals surface area (Å²) in [5.74, 6) is 0.770. The number of carbonyl (C=O) groups is 1. The summed E-state index contributed by atoms with van der Waals surface area (Å²) < 4.78 is 0. The van der Waals surface area contributed by atoms with Gasteiger partial charge < -0.3 is 5.32 Å². The van der Waals surface area contributed by atoms with Crippen molar-refractivity contribution in [2.75, 3.05) is 0 Å². The Bertz CT molecular complexity index is 241. The third kappa shape index (κ3) is 3.37. The number of carbonyl (C=O) groups excluding carboxylic acids is 1. The molecule has 1 fully saturated rings. The molecule has 15 heavy (non-hydrogen) atoms. The SMILES string of the molecule is O=C(C[C@@H]1C=CCC1)NC1CCCCC1. The van der Waals surface area contributed by atoms with E-state index < -0.39 is 0 Å². The molecule has 2 heteroatoms. The topological polar surface area (TPSA) is 29.1 Å². The molecule has 0 aromatic carbocycles. The van der Waals surface area contributed by atoms with Crippen molar-refractivity contribution in [3.05, 3.63) is 12.2 Å². The summed E-state index contributed by atoms with van der Waals surface area (Å²) >= 11 is 0. The Hall–Kier alpha value is -0.790. The molecule has 2 aliphatic rings. The Morgan fingerprint density at radius 1 is 1.20 bits per heavy atom. The fourth-order valence-corrected chi connectivity index (χ4v) is 2.64. The highest BCUT2D eigenvalue weighted by atomic mass is 16.1. The van der Waals surface area contributed by atoms with Gasteiger partial charge in [0.25, 0.3) is 0 Å². The molecule has 1 saturated carbocycles. The first-order valence-electron chi connectivity index (χ1n) is 6.30. The second kappa shape index (κ2) is 5.34. The minimum absolute atomic E-state index is 0.262. The Kier molecular flexibility index (Phi) is 3.81. The molecule has 0 bridgehead atoms. The highest BCUT2D eigenvalue weighted by Gasteiger charge is 2.18. The molecule has 0 aromatic heterocycles. The Labute approximate surface area is 92.1 Å². The van der Waals surface area contributed by atoms with E-state index in [2.05, 4.69) is 17.5 Å². The Morgan fingerprint density at radius 2 is 2.00 bits per heavy atom. The van der Waals surface area contributed by atoms with Gasteiger partial charge in [0.2, 0.25) is 5.91 Å².